The van der Waals surface area contributed by atoms with E-state index in [2.05, 4.69) is 46.7 Å². The van der Waals surface area contributed by atoms with Crippen LogP contribution in [0.5, 0.6) is 0 Å². The van der Waals surface area contributed by atoms with Crippen molar-refractivity contribution < 1.29 is 4.42 Å². The molecule has 1 heterocycles. The van der Waals surface area contributed by atoms with Gasteiger partial charge in [-0.2, -0.15) is 0 Å². The molecule has 1 aromatic heterocycles. The number of hydrogen-bond acceptors (Lipinski definition) is 3. The summed E-state index contributed by atoms with van der Waals surface area (Å²) in [6.07, 6.45) is 5.37. The van der Waals surface area contributed by atoms with E-state index in [0.29, 0.717) is 6.04 Å². The number of nitrogens with one attached hydrogen (secondary N) is 1. The van der Waals surface area contributed by atoms with Gasteiger partial charge in [0.1, 0.15) is 0 Å². The third-order valence-corrected chi connectivity index (χ3v) is 4.00. The topological polar surface area (TPSA) is 38.1 Å². The minimum absolute atomic E-state index is 0.465. The fourth-order valence-electron chi connectivity index (χ4n) is 3.02. The highest BCUT2D eigenvalue weighted by Gasteiger charge is 2.20. The molecule has 0 fully saturated rings. The molecule has 0 bridgehead atoms. The van der Waals surface area contributed by atoms with E-state index < -0.39 is 0 Å². The van der Waals surface area contributed by atoms with Gasteiger partial charge in [0.05, 0.1) is 6.20 Å². The lowest BCUT2D eigenvalue weighted by atomic mass is 10.1. The van der Waals surface area contributed by atoms with Gasteiger partial charge in [0.15, 0.2) is 12.2 Å². The Morgan fingerprint density at radius 2 is 1.81 bits per heavy atom. The maximum Gasteiger partial charge on any atom is 0.181 e. The highest BCUT2D eigenvalue weighted by atomic mass is 16.3. The van der Waals surface area contributed by atoms with E-state index in [-0.39, 0.29) is 0 Å². The molecule has 0 spiro atoms. The molecular weight excluding hydrogens is 260 g/mol. The minimum atomic E-state index is 0.465. The number of aromatic nitrogens is 1. The zero-order chi connectivity index (χ0) is 14.1. The average molecular weight is 276 g/mol. The smallest absolute Gasteiger partial charge is 0.181 e. The predicted molar refractivity (Wildman–Crippen MR) is 83.2 cm³/mol. The van der Waals surface area contributed by atoms with Gasteiger partial charge in [0.2, 0.25) is 0 Å². The summed E-state index contributed by atoms with van der Waals surface area (Å²) >= 11 is 0. The van der Waals surface area contributed by atoms with Gasteiger partial charge in [0, 0.05) is 17.3 Å². The predicted octanol–water partition coefficient (Wildman–Crippen LogP) is 3.92. The Morgan fingerprint density at radius 3 is 2.52 bits per heavy atom. The van der Waals surface area contributed by atoms with Gasteiger partial charge in [-0.25, -0.2) is 4.98 Å². The van der Waals surface area contributed by atoms with Crippen LogP contribution in [0.2, 0.25) is 0 Å². The summed E-state index contributed by atoms with van der Waals surface area (Å²) in [5, 5.41) is 3.63. The number of benzene rings is 2. The van der Waals surface area contributed by atoms with E-state index in [1.54, 1.807) is 6.20 Å². The lowest BCUT2D eigenvalue weighted by Gasteiger charge is -2.14. The molecule has 0 saturated carbocycles. The third kappa shape index (κ3) is 2.42. The Bertz CT molecular complexity index is 724. The zero-order valence-electron chi connectivity index (χ0n) is 11.6. The second kappa shape index (κ2) is 5.09. The molecule has 0 atom stereocenters. The summed E-state index contributed by atoms with van der Waals surface area (Å²) in [4.78, 5) is 3.97. The van der Waals surface area contributed by atoms with Gasteiger partial charge in [0.25, 0.3) is 0 Å². The number of rotatable bonds is 3. The van der Waals surface area contributed by atoms with Crippen molar-refractivity contribution in [2.24, 2.45) is 0 Å². The molecule has 104 valence electrons. The van der Waals surface area contributed by atoms with Gasteiger partial charge >= 0.3 is 0 Å². The minimum Gasteiger partial charge on any atom is -0.444 e. The lowest BCUT2D eigenvalue weighted by Crippen LogP contribution is -2.19. The van der Waals surface area contributed by atoms with Gasteiger partial charge in [-0.3, -0.25) is 0 Å². The molecule has 0 radical (unpaired) electrons. The molecule has 3 aromatic rings. The normalized spacial score (nSPS) is 14.1. The van der Waals surface area contributed by atoms with Gasteiger partial charge in [-0.05, 0) is 36.1 Å². The van der Waals surface area contributed by atoms with Crippen molar-refractivity contribution in [1.29, 1.82) is 0 Å². The van der Waals surface area contributed by atoms with Crippen LogP contribution in [0.3, 0.4) is 0 Å². The van der Waals surface area contributed by atoms with Crippen LogP contribution in [0.25, 0.3) is 11.3 Å². The Balaban J connectivity index is 1.53. The van der Waals surface area contributed by atoms with Crippen molar-refractivity contribution in [2.75, 3.05) is 5.32 Å². The monoisotopic (exact) mass is 276 g/mol. The van der Waals surface area contributed by atoms with Crippen molar-refractivity contribution in [3.05, 3.63) is 72.2 Å². The maximum atomic E-state index is 5.36. The van der Waals surface area contributed by atoms with E-state index in [0.717, 1.165) is 29.9 Å². The molecule has 2 aromatic carbocycles. The third-order valence-electron chi connectivity index (χ3n) is 4.00. The van der Waals surface area contributed by atoms with Gasteiger partial charge in [-0.1, -0.05) is 36.4 Å². The highest BCUT2D eigenvalue weighted by molar-refractivity contribution is 5.63. The second-order valence-electron chi connectivity index (χ2n) is 5.46. The number of nitrogens with zero attached hydrogens (tertiary/aromatic N) is 1. The zero-order valence-corrected chi connectivity index (χ0v) is 11.6. The number of fused-ring (bicyclic) bond motifs is 1. The Kier molecular flexibility index (Phi) is 2.96. The Morgan fingerprint density at radius 1 is 1.00 bits per heavy atom. The highest BCUT2D eigenvalue weighted by Crippen LogP contribution is 2.26. The van der Waals surface area contributed by atoms with Crippen LogP contribution in [0.1, 0.15) is 11.1 Å². The quantitative estimate of drug-likeness (QED) is 0.788. The number of hydrogen-bond donors (Lipinski definition) is 1. The Hall–Kier alpha value is -2.55. The van der Waals surface area contributed by atoms with Crippen molar-refractivity contribution >= 4 is 5.69 Å². The van der Waals surface area contributed by atoms with E-state index in [9.17, 15) is 0 Å². The van der Waals surface area contributed by atoms with E-state index in [1.165, 1.54) is 17.5 Å². The summed E-state index contributed by atoms with van der Waals surface area (Å²) in [6, 6.07) is 17.4. The summed E-state index contributed by atoms with van der Waals surface area (Å²) in [5.41, 5.74) is 5.09. The van der Waals surface area contributed by atoms with E-state index >= 15 is 0 Å². The lowest BCUT2D eigenvalue weighted by molar-refractivity contribution is 0.572. The van der Waals surface area contributed by atoms with Crippen molar-refractivity contribution in [3.63, 3.8) is 0 Å². The van der Waals surface area contributed by atoms with Crippen molar-refractivity contribution in [2.45, 2.75) is 18.9 Å². The van der Waals surface area contributed by atoms with Crippen LogP contribution in [0.15, 0.2) is 65.5 Å². The standard InChI is InChI=1S/C18H16N2O/c1-2-5-14-9-17(8-13(14)4-1)20-16-7-3-6-15(10-16)18-11-19-12-21-18/h1-7,10-12,17,20H,8-9H2. The summed E-state index contributed by atoms with van der Waals surface area (Å²) in [6.45, 7) is 0. The molecule has 0 unspecified atom stereocenters. The molecule has 3 heteroatoms. The largest absolute Gasteiger partial charge is 0.444 e. The van der Waals surface area contributed by atoms with Crippen LogP contribution >= 0.6 is 0 Å². The summed E-state index contributed by atoms with van der Waals surface area (Å²) in [5.74, 6) is 0.799. The molecule has 4 rings (SSSR count). The molecular formula is C18H16N2O. The summed E-state index contributed by atoms with van der Waals surface area (Å²) in [7, 11) is 0. The SMILES string of the molecule is c1cc(NC2Cc3ccccc3C2)cc(-c2cnco2)c1. The maximum absolute atomic E-state index is 5.36. The first kappa shape index (κ1) is 12.2. The molecule has 21 heavy (non-hydrogen) atoms. The van der Waals surface area contributed by atoms with E-state index in [4.69, 9.17) is 4.42 Å². The van der Waals surface area contributed by atoms with Crippen LogP contribution in [0.4, 0.5) is 5.69 Å². The first-order valence-electron chi connectivity index (χ1n) is 7.21. The molecule has 0 saturated heterocycles. The molecule has 1 N–H and O–H groups in total. The second-order valence-corrected chi connectivity index (χ2v) is 5.46. The first-order valence-corrected chi connectivity index (χ1v) is 7.21. The van der Waals surface area contributed by atoms with Gasteiger partial charge < -0.3 is 9.73 Å². The molecule has 1 aliphatic carbocycles. The van der Waals surface area contributed by atoms with Crippen molar-refractivity contribution in [1.82, 2.24) is 4.98 Å². The first-order chi connectivity index (χ1) is 10.4. The summed E-state index contributed by atoms with van der Waals surface area (Å²) < 4.78 is 5.36. The Labute approximate surface area is 123 Å². The molecule has 1 aliphatic rings. The van der Waals surface area contributed by atoms with Crippen LogP contribution in [-0.4, -0.2) is 11.0 Å². The van der Waals surface area contributed by atoms with Crippen LogP contribution in [0, 0.1) is 0 Å². The fraction of sp³-hybridized carbons (Fsp3) is 0.167. The van der Waals surface area contributed by atoms with E-state index in [1.807, 2.05) is 12.1 Å². The number of oxazole rings is 1. The van der Waals surface area contributed by atoms with Crippen LogP contribution < -0.4 is 5.32 Å². The van der Waals surface area contributed by atoms with Gasteiger partial charge in [-0.15, -0.1) is 0 Å². The average Bonchev–Trinajstić information content (AvgIpc) is 3.16. The number of anilines is 1. The molecule has 3 nitrogen and oxygen atoms in total. The molecule has 0 aliphatic heterocycles. The van der Waals surface area contributed by atoms with Crippen LogP contribution in [-0.2, 0) is 12.8 Å². The molecule has 0 amide bonds. The van der Waals surface area contributed by atoms with Crippen molar-refractivity contribution in [3.8, 4) is 11.3 Å². The fourth-order valence-corrected chi connectivity index (χ4v) is 3.02.